The zero-order valence-electron chi connectivity index (χ0n) is 16.8. The zero-order valence-corrected chi connectivity index (χ0v) is 19.2. The molecule has 1 atom stereocenters. The molecule has 1 aromatic rings. The van der Waals surface area contributed by atoms with Crippen LogP contribution < -0.4 is 5.32 Å². The third kappa shape index (κ3) is 6.61. The van der Waals surface area contributed by atoms with Gasteiger partial charge in [-0.1, -0.05) is 31.2 Å². The molecule has 2 fully saturated rings. The summed E-state index contributed by atoms with van der Waals surface area (Å²) in [6.07, 6.45) is 2.32. The van der Waals surface area contributed by atoms with Crippen molar-refractivity contribution in [2.24, 2.45) is 10.9 Å². The molecule has 0 bridgehead atoms. The van der Waals surface area contributed by atoms with E-state index >= 15 is 0 Å². The van der Waals surface area contributed by atoms with Crippen LogP contribution in [0.3, 0.4) is 0 Å². The summed E-state index contributed by atoms with van der Waals surface area (Å²) in [4.78, 5) is 9.96. The predicted molar refractivity (Wildman–Crippen MR) is 123 cm³/mol. The van der Waals surface area contributed by atoms with Gasteiger partial charge in [-0.05, 0) is 36.8 Å². The molecule has 5 nitrogen and oxygen atoms in total. The van der Waals surface area contributed by atoms with Gasteiger partial charge in [-0.25, -0.2) is 4.99 Å². The van der Waals surface area contributed by atoms with Gasteiger partial charge >= 0.3 is 0 Å². The van der Waals surface area contributed by atoms with E-state index < -0.39 is 0 Å². The highest BCUT2D eigenvalue weighted by Gasteiger charge is 2.27. The van der Waals surface area contributed by atoms with Gasteiger partial charge in [0.15, 0.2) is 5.96 Å². The smallest absolute Gasteiger partial charge is 0.194 e. The summed E-state index contributed by atoms with van der Waals surface area (Å²) in [6, 6.07) is 8.65. The molecule has 0 aromatic heterocycles. The largest absolute Gasteiger partial charge is 0.379 e. The number of likely N-dealkylation sites (tertiary alicyclic amines) is 1. The van der Waals surface area contributed by atoms with Crippen molar-refractivity contribution < 1.29 is 4.74 Å². The SMILES string of the molecule is CCNC(=NCc1ccccc1CC)N1CCC(CN2CCOCC2)C1.I. The molecule has 2 saturated heterocycles. The maximum absolute atomic E-state index is 5.47. The number of benzene rings is 1. The lowest BCUT2D eigenvalue weighted by molar-refractivity contribution is 0.0315. The van der Waals surface area contributed by atoms with Gasteiger partial charge in [-0.2, -0.15) is 0 Å². The van der Waals surface area contributed by atoms with Crippen LogP contribution in [0.2, 0.25) is 0 Å². The van der Waals surface area contributed by atoms with Crippen molar-refractivity contribution in [2.45, 2.75) is 33.2 Å². The molecule has 0 amide bonds. The van der Waals surface area contributed by atoms with Crippen molar-refractivity contribution in [1.29, 1.82) is 0 Å². The molecule has 2 aliphatic heterocycles. The molecule has 3 rings (SSSR count). The first kappa shape index (κ1) is 22.4. The van der Waals surface area contributed by atoms with Crippen molar-refractivity contribution in [1.82, 2.24) is 15.1 Å². The first-order valence-electron chi connectivity index (χ1n) is 10.2. The van der Waals surface area contributed by atoms with E-state index in [2.05, 4.69) is 53.2 Å². The highest BCUT2D eigenvalue weighted by Crippen LogP contribution is 2.19. The number of nitrogens with zero attached hydrogens (tertiary/aromatic N) is 3. The van der Waals surface area contributed by atoms with Gasteiger partial charge in [0.05, 0.1) is 19.8 Å². The van der Waals surface area contributed by atoms with Crippen LogP contribution in [0.4, 0.5) is 0 Å². The van der Waals surface area contributed by atoms with Gasteiger partial charge in [0.25, 0.3) is 0 Å². The van der Waals surface area contributed by atoms with E-state index in [0.29, 0.717) is 0 Å². The highest BCUT2D eigenvalue weighted by atomic mass is 127. The third-order valence-corrected chi connectivity index (χ3v) is 5.44. The van der Waals surface area contributed by atoms with Crippen molar-refractivity contribution in [3.05, 3.63) is 35.4 Å². The number of hydrogen-bond donors (Lipinski definition) is 1. The average Bonchev–Trinajstić information content (AvgIpc) is 3.14. The molecule has 0 saturated carbocycles. The third-order valence-electron chi connectivity index (χ3n) is 5.44. The quantitative estimate of drug-likeness (QED) is 0.382. The summed E-state index contributed by atoms with van der Waals surface area (Å²) in [7, 11) is 0. The van der Waals surface area contributed by atoms with Crippen LogP contribution in [0, 0.1) is 5.92 Å². The second-order valence-electron chi connectivity index (χ2n) is 7.31. The van der Waals surface area contributed by atoms with E-state index in [-0.39, 0.29) is 24.0 Å². The van der Waals surface area contributed by atoms with E-state index in [1.54, 1.807) is 0 Å². The van der Waals surface area contributed by atoms with Crippen molar-refractivity contribution in [2.75, 3.05) is 52.5 Å². The molecule has 1 aromatic carbocycles. The normalized spacial score (nSPS) is 21.2. The number of rotatable bonds is 6. The molecular formula is C21H35IN4O. The number of aryl methyl sites for hydroxylation is 1. The molecular weight excluding hydrogens is 451 g/mol. The monoisotopic (exact) mass is 486 g/mol. The summed E-state index contributed by atoms with van der Waals surface area (Å²) < 4.78 is 5.47. The lowest BCUT2D eigenvalue weighted by atomic mass is 10.1. The topological polar surface area (TPSA) is 40.1 Å². The van der Waals surface area contributed by atoms with Crippen LogP contribution in [-0.4, -0.2) is 68.2 Å². The molecule has 1 N–H and O–H groups in total. The minimum Gasteiger partial charge on any atom is -0.379 e. The van der Waals surface area contributed by atoms with Crippen LogP contribution in [0.15, 0.2) is 29.3 Å². The predicted octanol–water partition coefficient (Wildman–Crippen LogP) is 2.99. The molecule has 6 heteroatoms. The number of morpholine rings is 1. The molecule has 0 spiro atoms. The van der Waals surface area contributed by atoms with Crippen LogP contribution in [0.1, 0.15) is 31.4 Å². The Morgan fingerprint density at radius 2 is 1.89 bits per heavy atom. The fourth-order valence-electron chi connectivity index (χ4n) is 3.97. The van der Waals surface area contributed by atoms with Gasteiger partial charge in [0.1, 0.15) is 0 Å². The van der Waals surface area contributed by atoms with E-state index in [4.69, 9.17) is 9.73 Å². The molecule has 2 aliphatic rings. The Balaban J connectivity index is 0.00000261. The Labute approximate surface area is 181 Å². The van der Waals surface area contributed by atoms with E-state index in [0.717, 1.165) is 70.8 Å². The van der Waals surface area contributed by atoms with Crippen molar-refractivity contribution in [3.8, 4) is 0 Å². The Bertz CT molecular complexity index is 589. The number of halogens is 1. The summed E-state index contributed by atoms with van der Waals surface area (Å²) >= 11 is 0. The lowest BCUT2D eigenvalue weighted by Gasteiger charge is -2.29. The van der Waals surface area contributed by atoms with Gasteiger partial charge in [0, 0.05) is 39.3 Å². The standard InChI is InChI=1S/C21H34N4O.HI/c1-3-19-7-5-6-8-20(19)15-23-21(22-4-2)25-10-9-18(17-25)16-24-11-13-26-14-12-24;/h5-8,18H,3-4,9-17H2,1-2H3,(H,22,23);1H. The first-order chi connectivity index (χ1) is 12.8. The number of guanidine groups is 1. The second-order valence-corrected chi connectivity index (χ2v) is 7.31. The molecule has 1 unspecified atom stereocenters. The molecule has 2 heterocycles. The molecule has 27 heavy (non-hydrogen) atoms. The number of hydrogen-bond acceptors (Lipinski definition) is 3. The van der Waals surface area contributed by atoms with Gasteiger partial charge < -0.3 is 15.0 Å². The minimum atomic E-state index is 0. The van der Waals surface area contributed by atoms with Gasteiger partial charge in [-0.3, -0.25) is 4.90 Å². The Kier molecular flexibility index (Phi) is 9.86. The Morgan fingerprint density at radius 1 is 1.15 bits per heavy atom. The maximum Gasteiger partial charge on any atom is 0.194 e. The van der Waals surface area contributed by atoms with Gasteiger partial charge in [-0.15, -0.1) is 24.0 Å². The van der Waals surface area contributed by atoms with Crippen molar-refractivity contribution >= 4 is 29.9 Å². The van der Waals surface area contributed by atoms with E-state index in [1.165, 1.54) is 24.1 Å². The molecule has 0 aliphatic carbocycles. The fraction of sp³-hybridized carbons (Fsp3) is 0.667. The Hall–Kier alpha value is -0.860. The lowest BCUT2D eigenvalue weighted by Crippen LogP contribution is -2.42. The van der Waals surface area contributed by atoms with Crippen LogP contribution in [0.5, 0.6) is 0 Å². The number of aliphatic imine (C=N–C) groups is 1. The second kappa shape index (κ2) is 11.9. The van der Waals surface area contributed by atoms with E-state index in [1.807, 2.05) is 0 Å². The Morgan fingerprint density at radius 3 is 2.59 bits per heavy atom. The highest BCUT2D eigenvalue weighted by molar-refractivity contribution is 14.0. The number of nitrogens with one attached hydrogen (secondary N) is 1. The van der Waals surface area contributed by atoms with Crippen molar-refractivity contribution in [3.63, 3.8) is 0 Å². The number of ether oxygens (including phenoxy) is 1. The first-order valence-corrected chi connectivity index (χ1v) is 10.2. The summed E-state index contributed by atoms with van der Waals surface area (Å²) in [5.41, 5.74) is 2.74. The summed E-state index contributed by atoms with van der Waals surface area (Å²) in [5, 5.41) is 3.50. The van der Waals surface area contributed by atoms with Gasteiger partial charge in [0.2, 0.25) is 0 Å². The fourth-order valence-corrected chi connectivity index (χ4v) is 3.97. The van der Waals surface area contributed by atoms with Crippen LogP contribution in [-0.2, 0) is 17.7 Å². The molecule has 152 valence electrons. The van der Waals surface area contributed by atoms with Crippen LogP contribution >= 0.6 is 24.0 Å². The zero-order chi connectivity index (χ0) is 18.2. The average molecular weight is 486 g/mol. The van der Waals surface area contributed by atoms with E-state index in [9.17, 15) is 0 Å². The molecule has 0 radical (unpaired) electrons. The summed E-state index contributed by atoms with van der Waals surface area (Å²) in [5.74, 6) is 1.81. The van der Waals surface area contributed by atoms with Crippen LogP contribution in [0.25, 0.3) is 0 Å². The maximum atomic E-state index is 5.47. The minimum absolute atomic E-state index is 0. The summed E-state index contributed by atoms with van der Waals surface area (Å²) in [6.45, 7) is 13.4.